The van der Waals surface area contributed by atoms with Crippen LogP contribution in [0.2, 0.25) is 10.0 Å². The number of anilines is 1. The van der Waals surface area contributed by atoms with Gasteiger partial charge < -0.3 is 14.6 Å². The van der Waals surface area contributed by atoms with Crippen LogP contribution >= 0.6 is 23.2 Å². The average Bonchev–Trinajstić information content (AvgIpc) is 2.74. The summed E-state index contributed by atoms with van der Waals surface area (Å²) in [5, 5.41) is 3.73. The first-order valence-electron chi connectivity index (χ1n) is 10.3. The minimum atomic E-state index is -0.771. The van der Waals surface area contributed by atoms with Crippen LogP contribution < -0.4 is 10.9 Å². The second kappa shape index (κ2) is 9.81. The molecule has 0 saturated carbocycles. The van der Waals surface area contributed by atoms with Crippen LogP contribution in [0.5, 0.6) is 0 Å². The van der Waals surface area contributed by atoms with Crippen molar-refractivity contribution in [1.82, 2.24) is 4.57 Å². The summed E-state index contributed by atoms with van der Waals surface area (Å²) in [5.74, 6) is -0.823. The lowest BCUT2D eigenvalue weighted by Gasteiger charge is -2.19. The molecule has 0 spiro atoms. The van der Waals surface area contributed by atoms with Gasteiger partial charge in [0.1, 0.15) is 11.6 Å². The Balaban J connectivity index is 1.73. The van der Waals surface area contributed by atoms with Gasteiger partial charge in [-0.25, -0.2) is 4.79 Å². The molecule has 3 rings (SSSR count). The van der Waals surface area contributed by atoms with Crippen LogP contribution in [0.15, 0.2) is 65.6 Å². The molecule has 1 amide bonds. The highest BCUT2D eigenvalue weighted by molar-refractivity contribution is 6.35. The van der Waals surface area contributed by atoms with Gasteiger partial charge in [0.15, 0.2) is 0 Å². The van der Waals surface area contributed by atoms with Crippen molar-refractivity contribution in [2.75, 3.05) is 5.32 Å². The molecule has 172 valence electrons. The lowest BCUT2D eigenvalue weighted by molar-refractivity contribution is -0.118. The quantitative estimate of drug-likeness (QED) is 0.450. The van der Waals surface area contributed by atoms with Crippen molar-refractivity contribution in [3.8, 4) is 11.1 Å². The number of nitrogens with one attached hydrogen (secondary N) is 1. The van der Waals surface area contributed by atoms with E-state index in [1.54, 1.807) is 82.4 Å². The van der Waals surface area contributed by atoms with Crippen LogP contribution in [0.25, 0.3) is 11.1 Å². The highest BCUT2D eigenvalue weighted by atomic mass is 35.5. The standard InChI is InChI=1S/C25H24Cl2N2O4/c1-15(23(31)28-19-8-5-16(6-9-19)24(32)33-25(2,3)4)29-12-11-17(13-22(29)30)20-14-18(26)7-10-21(20)27/h5-15H,1-4H3,(H,28,31). The first-order valence-corrected chi connectivity index (χ1v) is 11.0. The van der Waals surface area contributed by atoms with Crippen LogP contribution in [0.3, 0.4) is 0 Å². The van der Waals surface area contributed by atoms with Crippen molar-refractivity contribution < 1.29 is 14.3 Å². The van der Waals surface area contributed by atoms with Crippen molar-refractivity contribution in [1.29, 1.82) is 0 Å². The Morgan fingerprint density at radius 3 is 2.27 bits per heavy atom. The summed E-state index contributed by atoms with van der Waals surface area (Å²) < 4.78 is 6.66. The fourth-order valence-corrected chi connectivity index (χ4v) is 3.49. The molecule has 1 aromatic heterocycles. The molecule has 1 N–H and O–H groups in total. The maximum atomic E-state index is 12.7. The van der Waals surface area contributed by atoms with E-state index >= 15 is 0 Å². The molecule has 0 bridgehead atoms. The van der Waals surface area contributed by atoms with Gasteiger partial charge in [-0.1, -0.05) is 23.2 Å². The third kappa shape index (κ3) is 6.24. The molecule has 0 fully saturated rings. The number of amides is 1. The van der Waals surface area contributed by atoms with E-state index in [9.17, 15) is 14.4 Å². The lowest BCUT2D eigenvalue weighted by atomic mass is 10.1. The minimum Gasteiger partial charge on any atom is -0.456 e. The largest absolute Gasteiger partial charge is 0.456 e. The molecule has 0 saturated heterocycles. The highest BCUT2D eigenvalue weighted by Crippen LogP contribution is 2.30. The van der Waals surface area contributed by atoms with Crippen LogP contribution in [0.4, 0.5) is 5.69 Å². The van der Waals surface area contributed by atoms with Crippen molar-refractivity contribution in [3.05, 3.63) is 86.8 Å². The van der Waals surface area contributed by atoms with Gasteiger partial charge >= 0.3 is 5.97 Å². The van der Waals surface area contributed by atoms with Gasteiger partial charge in [0.05, 0.1) is 5.56 Å². The Labute approximate surface area is 202 Å². The highest BCUT2D eigenvalue weighted by Gasteiger charge is 2.19. The van der Waals surface area contributed by atoms with Gasteiger partial charge in [-0.15, -0.1) is 0 Å². The van der Waals surface area contributed by atoms with Crippen LogP contribution in [0, 0.1) is 0 Å². The normalized spacial score (nSPS) is 12.2. The topological polar surface area (TPSA) is 77.4 Å². The number of rotatable bonds is 5. The summed E-state index contributed by atoms with van der Waals surface area (Å²) in [6, 6.07) is 13.7. The Bertz CT molecular complexity index is 1240. The number of nitrogens with zero attached hydrogens (tertiary/aromatic N) is 1. The van der Waals surface area contributed by atoms with E-state index in [0.717, 1.165) is 0 Å². The van der Waals surface area contributed by atoms with Gasteiger partial charge in [-0.3, -0.25) is 9.59 Å². The summed E-state index contributed by atoms with van der Waals surface area (Å²) >= 11 is 12.3. The van der Waals surface area contributed by atoms with Crippen LogP contribution in [0.1, 0.15) is 44.1 Å². The number of hydrogen-bond acceptors (Lipinski definition) is 4. The minimum absolute atomic E-state index is 0.355. The molecular weight excluding hydrogens is 463 g/mol. The van der Waals surface area contributed by atoms with E-state index in [1.165, 1.54) is 10.6 Å². The molecule has 2 aromatic carbocycles. The van der Waals surface area contributed by atoms with Crippen molar-refractivity contribution in [2.24, 2.45) is 0 Å². The van der Waals surface area contributed by atoms with Crippen LogP contribution in [-0.4, -0.2) is 22.0 Å². The summed E-state index contributed by atoms with van der Waals surface area (Å²) in [5.41, 5.74) is 1.16. The zero-order chi connectivity index (χ0) is 24.3. The van der Waals surface area contributed by atoms with E-state index < -0.39 is 17.6 Å². The maximum Gasteiger partial charge on any atom is 0.338 e. The Hall–Kier alpha value is -3.09. The Morgan fingerprint density at radius 2 is 1.67 bits per heavy atom. The molecule has 0 aliphatic heterocycles. The number of benzene rings is 2. The summed E-state index contributed by atoms with van der Waals surface area (Å²) in [7, 11) is 0. The average molecular weight is 487 g/mol. The molecule has 8 heteroatoms. The number of esters is 1. The van der Waals surface area contributed by atoms with Gasteiger partial charge in [0.2, 0.25) is 5.91 Å². The second-order valence-corrected chi connectivity index (χ2v) is 9.37. The van der Waals surface area contributed by atoms with Crippen molar-refractivity contribution >= 4 is 40.8 Å². The smallest absolute Gasteiger partial charge is 0.338 e. The number of ether oxygens (including phenoxy) is 1. The molecule has 33 heavy (non-hydrogen) atoms. The lowest BCUT2D eigenvalue weighted by Crippen LogP contribution is -2.31. The molecule has 1 unspecified atom stereocenters. The molecule has 0 aliphatic carbocycles. The van der Waals surface area contributed by atoms with E-state index in [0.29, 0.717) is 32.4 Å². The molecular formula is C25H24Cl2N2O4. The molecule has 3 aromatic rings. The third-order valence-corrected chi connectivity index (χ3v) is 5.34. The third-order valence-electron chi connectivity index (χ3n) is 4.77. The molecule has 0 radical (unpaired) electrons. The molecule has 1 heterocycles. The predicted molar refractivity (Wildman–Crippen MR) is 131 cm³/mol. The van der Waals surface area contributed by atoms with Gasteiger partial charge in [-0.2, -0.15) is 0 Å². The first kappa shape index (κ1) is 24.6. The van der Waals surface area contributed by atoms with Gasteiger partial charge in [-0.05, 0) is 81.8 Å². The summed E-state index contributed by atoms with van der Waals surface area (Å²) in [4.78, 5) is 37.6. The number of halogens is 2. The van der Waals surface area contributed by atoms with Gasteiger partial charge in [0.25, 0.3) is 5.56 Å². The number of carbonyl (C=O) groups excluding carboxylic acids is 2. The predicted octanol–water partition coefficient (Wildman–Crippen LogP) is 5.98. The summed E-state index contributed by atoms with van der Waals surface area (Å²) in [6.07, 6.45) is 1.55. The zero-order valence-corrected chi connectivity index (χ0v) is 20.2. The summed E-state index contributed by atoms with van der Waals surface area (Å²) in [6.45, 7) is 6.99. The fraction of sp³-hybridized carbons (Fsp3) is 0.240. The number of pyridine rings is 1. The Kier molecular flexibility index (Phi) is 7.30. The molecule has 1 atom stereocenters. The zero-order valence-electron chi connectivity index (χ0n) is 18.7. The second-order valence-electron chi connectivity index (χ2n) is 8.53. The fourth-order valence-electron chi connectivity index (χ4n) is 3.10. The van der Waals surface area contributed by atoms with E-state index in [2.05, 4.69) is 5.32 Å². The number of hydrogen-bond donors (Lipinski definition) is 1. The van der Waals surface area contributed by atoms with Gasteiger partial charge in [0, 0.05) is 33.6 Å². The molecule has 6 nitrogen and oxygen atoms in total. The first-order chi connectivity index (χ1) is 15.4. The Morgan fingerprint density at radius 1 is 1.00 bits per heavy atom. The van der Waals surface area contributed by atoms with E-state index in [1.807, 2.05) is 0 Å². The maximum absolute atomic E-state index is 12.7. The SMILES string of the molecule is CC(C(=O)Nc1ccc(C(=O)OC(C)(C)C)cc1)n1ccc(-c2cc(Cl)ccc2Cl)cc1=O. The number of aromatic nitrogens is 1. The van der Waals surface area contributed by atoms with Crippen molar-refractivity contribution in [3.63, 3.8) is 0 Å². The van der Waals surface area contributed by atoms with Crippen molar-refractivity contribution in [2.45, 2.75) is 39.3 Å². The van der Waals surface area contributed by atoms with Crippen LogP contribution in [-0.2, 0) is 9.53 Å². The monoisotopic (exact) mass is 486 g/mol. The van der Waals surface area contributed by atoms with E-state index in [-0.39, 0.29) is 11.5 Å². The van der Waals surface area contributed by atoms with E-state index in [4.69, 9.17) is 27.9 Å². The molecule has 0 aliphatic rings. The number of carbonyl (C=O) groups is 2.